The fourth-order valence-electron chi connectivity index (χ4n) is 3.95. The van der Waals surface area contributed by atoms with Crippen molar-refractivity contribution in [2.45, 2.75) is 51.2 Å². The van der Waals surface area contributed by atoms with Crippen molar-refractivity contribution in [3.8, 4) is 0 Å². The first kappa shape index (κ1) is 17.2. The van der Waals surface area contributed by atoms with Crippen molar-refractivity contribution >= 4 is 5.91 Å². The molecule has 1 aromatic carbocycles. The SMILES string of the molecule is Cc1ccc(CC2CCCN(C(=O)c3cn([C@@H]4CC[C@H]4O)nn3)C2)cc1. The molecule has 1 unspecified atom stereocenters. The molecule has 0 spiro atoms. The normalized spacial score (nSPS) is 25.8. The van der Waals surface area contributed by atoms with Crippen molar-refractivity contribution in [3.05, 3.63) is 47.3 Å². The van der Waals surface area contributed by atoms with Gasteiger partial charge in [-0.3, -0.25) is 4.79 Å². The second-order valence-electron chi connectivity index (χ2n) is 7.74. The van der Waals surface area contributed by atoms with Crippen LogP contribution in [0.3, 0.4) is 0 Å². The third-order valence-corrected chi connectivity index (χ3v) is 5.72. The molecule has 2 aliphatic rings. The van der Waals surface area contributed by atoms with E-state index in [1.807, 2.05) is 4.90 Å². The van der Waals surface area contributed by atoms with E-state index in [-0.39, 0.29) is 18.1 Å². The molecule has 1 aliphatic heterocycles. The van der Waals surface area contributed by atoms with Gasteiger partial charge in [-0.15, -0.1) is 5.10 Å². The van der Waals surface area contributed by atoms with Crippen LogP contribution >= 0.6 is 0 Å². The Bertz CT molecular complexity index is 770. The van der Waals surface area contributed by atoms with Crippen molar-refractivity contribution < 1.29 is 9.90 Å². The van der Waals surface area contributed by atoms with Crippen LogP contribution in [0.2, 0.25) is 0 Å². The summed E-state index contributed by atoms with van der Waals surface area (Å²) in [5.41, 5.74) is 2.99. The van der Waals surface area contributed by atoms with Crippen LogP contribution in [0.25, 0.3) is 0 Å². The molecule has 1 amide bonds. The number of aliphatic hydroxyl groups excluding tert-OH is 1. The van der Waals surface area contributed by atoms with Crippen LogP contribution in [0.1, 0.15) is 53.3 Å². The Morgan fingerprint density at radius 2 is 2.04 bits per heavy atom. The summed E-state index contributed by atoms with van der Waals surface area (Å²) >= 11 is 0. The van der Waals surface area contributed by atoms with Gasteiger partial charge in [0, 0.05) is 13.1 Å². The van der Waals surface area contributed by atoms with Gasteiger partial charge in [0.05, 0.1) is 18.3 Å². The largest absolute Gasteiger partial charge is 0.391 e. The lowest BCUT2D eigenvalue weighted by Crippen LogP contribution is -2.40. The molecule has 1 saturated heterocycles. The summed E-state index contributed by atoms with van der Waals surface area (Å²) in [6, 6.07) is 8.64. The zero-order chi connectivity index (χ0) is 18.1. The van der Waals surface area contributed by atoms with E-state index in [2.05, 4.69) is 41.5 Å². The molecule has 3 atom stereocenters. The zero-order valence-corrected chi connectivity index (χ0v) is 15.2. The monoisotopic (exact) mass is 354 g/mol. The first-order valence-electron chi connectivity index (χ1n) is 9.55. The number of nitrogens with zero attached hydrogens (tertiary/aromatic N) is 4. The molecule has 1 N–H and O–H groups in total. The molecule has 1 aromatic heterocycles. The molecule has 1 saturated carbocycles. The van der Waals surface area contributed by atoms with Gasteiger partial charge >= 0.3 is 0 Å². The maximum absolute atomic E-state index is 12.8. The van der Waals surface area contributed by atoms with Crippen molar-refractivity contribution in [1.82, 2.24) is 19.9 Å². The quantitative estimate of drug-likeness (QED) is 0.915. The average molecular weight is 354 g/mol. The predicted molar refractivity (Wildman–Crippen MR) is 97.8 cm³/mol. The fraction of sp³-hybridized carbons (Fsp3) is 0.550. The lowest BCUT2D eigenvalue weighted by molar-refractivity contribution is 0.0244. The number of aromatic nitrogens is 3. The van der Waals surface area contributed by atoms with Gasteiger partial charge in [0.2, 0.25) is 0 Å². The molecule has 26 heavy (non-hydrogen) atoms. The second kappa shape index (κ2) is 7.19. The summed E-state index contributed by atoms with van der Waals surface area (Å²) in [5, 5.41) is 17.9. The van der Waals surface area contributed by atoms with Gasteiger partial charge in [-0.2, -0.15) is 0 Å². The Kier molecular flexibility index (Phi) is 4.76. The number of rotatable bonds is 4. The topological polar surface area (TPSA) is 71.2 Å². The molecule has 6 nitrogen and oxygen atoms in total. The molecular formula is C20H26N4O2. The van der Waals surface area contributed by atoms with Crippen LogP contribution in [0.4, 0.5) is 0 Å². The van der Waals surface area contributed by atoms with E-state index in [0.717, 1.165) is 45.2 Å². The summed E-state index contributed by atoms with van der Waals surface area (Å²) in [5.74, 6) is 0.442. The highest BCUT2D eigenvalue weighted by molar-refractivity contribution is 5.92. The first-order chi connectivity index (χ1) is 12.6. The molecule has 6 heteroatoms. The van der Waals surface area contributed by atoms with E-state index in [4.69, 9.17) is 0 Å². The van der Waals surface area contributed by atoms with Crippen LogP contribution in [0, 0.1) is 12.8 Å². The van der Waals surface area contributed by atoms with Crippen molar-refractivity contribution in [1.29, 1.82) is 0 Å². The predicted octanol–water partition coefficient (Wildman–Crippen LogP) is 2.38. The van der Waals surface area contributed by atoms with E-state index in [0.29, 0.717) is 11.6 Å². The van der Waals surface area contributed by atoms with Gasteiger partial charge < -0.3 is 10.0 Å². The Hall–Kier alpha value is -2.21. The van der Waals surface area contributed by atoms with Gasteiger partial charge in [0.15, 0.2) is 5.69 Å². The minimum atomic E-state index is -0.367. The molecule has 2 heterocycles. The summed E-state index contributed by atoms with van der Waals surface area (Å²) < 4.78 is 1.65. The van der Waals surface area contributed by atoms with Crippen molar-refractivity contribution in [2.24, 2.45) is 5.92 Å². The lowest BCUT2D eigenvalue weighted by atomic mass is 9.89. The Labute approximate surface area is 153 Å². The zero-order valence-electron chi connectivity index (χ0n) is 15.2. The maximum Gasteiger partial charge on any atom is 0.276 e. The van der Waals surface area contributed by atoms with Gasteiger partial charge in [-0.1, -0.05) is 35.0 Å². The molecule has 138 valence electrons. The van der Waals surface area contributed by atoms with E-state index >= 15 is 0 Å². The average Bonchev–Trinajstić information content (AvgIpc) is 3.11. The van der Waals surface area contributed by atoms with E-state index in [9.17, 15) is 9.90 Å². The van der Waals surface area contributed by atoms with Crippen LogP contribution in [-0.2, 0) is 6.42 Å². The number of piperidine rings is 1. The summed E-state index contributed by atoms with van der Waals surface area (Å²) in [6.07, 6.45) is 6.19. The Balaban J connectivity index is 1.39. The van der Waals surface area contributed by atoms with E-state index < -0.39 is 0 Å². The number of carbonyl (C=O) groups excluding carboxylic acids is 1. The minimum Gasteiger partial charge on any atom is -0.391 e. The first-order valence-corrected chi connectivity index (χ1v) is 9.55. The number of amides is 1. The second-order valence-corrected chi connectivity index (χ2v) is 7.74. The number of aliphatic hydroxyl groups is 1. The Morgan fingerprint density at radius 3 is 2.73 bits per heavy atom. The lowest BCUT2D eigenvalue weighted by Gasteiger charge is -2.32. The number of likely N-dealkylation sites (tertiary alicyclic amines) is 1. The molecule has 0 radical (unpaired) electrons. The Morgan fingerprint density at radius 1 is 1.23 bits per heavy atom. The van der Waals surface area contributed by atoms with Crippen LogP contribution in [0.5, 0.6) is 0 Å². The highest BCUT2D eigenvalue weighted by atomic mass is 16.3. The van der Waals surface area contributed by atoms with E-state index in [1.54, 1.807) is 10.9 Å². The van der Waals surface area contributed by atoms with Crippen molar-refractivity contribution in [3.63, 3.8) is 0 Å². The maximum atomic E-state index is 12.8. The molecule has 0 bridgehead atoms. The standard InChI is InChI=1S/C20H26N4O2/c1-14-4-6-15(7-5-14)11-16-3-2-10-23(12-16)20(26)17-13-24(22-21-17)18-8-9-19(18)25/h4-7,13,16,18-19,25H,2-3,8-12H2,1H3/t16?,18-,19-/m1/s1. The van der Waals surface area contributed by atoms with Crippen molar-refractivity contribution in [2.75, 3.05) is 13.1 Å². The smallest absolute Gasteiger partial charge is 0.276 e. The highest BCUT2D eigenvalue weighted by Gasteiger charge is 2.33. The van der Waals surface area contributed by atoms with E-state index in [1.165, 1.54) is 11.1 Å². The number of hydrogen-bond acceptors (Lipinski definition) is 4. The summed E-state index contributed by atoms with van der Waals surface area (Å²) in [6.45, 7) is 3.65. The fourth-order valence-corrected chi connectivity index (χ4v) is 3.95. The third kappa shape index (κ3) is 3.51. The molecular weight excluding hydrogens is 328 g/mol. The van der Waals surface area contributed by atoms with Gasteiger partial charge in [0.1, 0.15) is 0 Å². The van der Waals surface area contributed by atoms with Crippen LogP contribution in [-0.4, -0.2) is 50.1 Å². The number of aryl methyl sites for hydroxylation is 1. The molecule has 2 fully saturated rings. The molecule has 4 rings (SSSR count). The number of benzene rings is 1. The summed E-state index contributed by atoms with van der Waals surface area (Å²) in [7, 11) is 0. The van der Waals surface area contributed by atoms with Crippen LogP contribution < -0.4 is 0 Å². The summed E-state index contributed by atoms with van der Waals surface area (Å²) in [4.78, 5) is 14.7. The van der Waals surface area contributed by atoms with Gasteiger partial charge in [0.25, 0.3) is 5.91 Å². The molecule has 1 aliphatic carbocycles. The number of carbonyl (C=O) groups is 1. The minimum absolute atomic E-state index is 0.0281. The van der Waals surface area contributed by atoms with Gasteiger partial charge in [-0.05, 0) is 50.5 Å². The van der Waals surface area contributed by atoms with Gasteiger partial charge in [-0.25, -0.2) is 4.68 Å². The van der Waals surface area contributed by atoms with Crippen LogP contribution in [0.15, 0.2) is 30.5 Å². The highest BCUT2D eigenvalue weighted by Crippen LogP contribution is 2.31. The number of hydrogen-bond donors (Lipinski definition) is 1. The molecule has 2 aromatic rings. The third-order valence-electron chi connectivity index (χ3n) is 5.72.